The lowest BCUT2D eigenvalue weighted by molar-refractivity contribution is 0.104. The van der Waals surface area contributed by atoms with Crippen LogP contribution in [0.4, 0.5) is 0 Å². The molecule has 28 heavy (non-hydrogen) atoms. The highest BCUT2D eigenvalue weighted by Crippen LogP contribution is 2.29. The van der Waals surface area contributed by atoms with Gasteiger partial charge in [-0.05, 0) is 35.2 Å². The largest absolute Gasteiger partial charge is 0.347 e. The van der Waals surface area contributed by atoms with Crippen LogP contribution in [0.3, 0.4) is 0 Å². The molecule has 0 aliphatic rings. The van der Waals surface area contributed by atoms with Crippen LogP contribution >= 0.6 is 0 Å². The van der Waals surface area contributed by atoms with Gasteiger partial charge in [-0.25, -0.2) is 0 Å². The Morgan fingerprint density at radius 1 is 0.857 bits per heavy atom. The van der Waals surface area contributed by atoms with Crippen molar-refractivity contribution >= 4 is 27.5 Å². The molecule has 3 aromatic carbocycles. The normalized spacial score (nSPS) is 11.4. The van der Waals surface area contributed by atoms with Crippen molar-refractivity contribution in [1.82, 2.24) is 4.57 Å². The summed E-state index contributed by atoms with van der Waals surface area (Å²) in [7, 11) is 0. The maximum Gasteiger partial charge on any atom is 0.195 e. The Hall–Kier alpha value is -2.87. The zero-order valence-corrected chi connectivity index (χ0v) is 16.7. The van der Waals surface area contributed by atoms with Crippen molar-refractivity contribution in [2.75, 3.05) is 0 Å². The van der Waals surface area contributed by atoms with Crippen LogP contribution in [0.25, 0.3) is 21.7 Å². The van der Waals surface area contributed by atoms with E-state index in [9.17, 15) is 4.79 Å². The number of rotatable bonds is 7. The highest BCUT2D eigenvalue weighted by molar-refractivity contribution is 6.21. The number of para-hydroxylation sites is 1. The molecule has 0 spiro atoms. The number of fused-ring (bicyclic) bond motifs is 2. The van der Waals surface area contributed by atoms with Gasteiger partial charge < -0.3 is 4.57 Å². The van der Waals surface area contributed by atoms with Gasteiger partial charge in [-0.1, -0.05) is 81.3 Å². The number of ketones is 1. The maximum atomic E-state index is 13.7. The molecule has 0 atom stereocenters. The number of aromatic nitrogens is 1. The third-order valence-electron chi connectivity index (χ3n) is 5.65. The molecule has 0 bridgehead atoms. The van der Waals surface area contributed by atoms with Crippen LogP contribution in [0.5, 0.6) is 0 Å². The van der Waals surface area contributed by atoms with Gasteiger partial charge in [-0.2, -0.15) is 0 Å². The topological polar surface area (TPSA) is 22.0 Å². The average molecular weight is 370 g/mol. The standard InChI is InChI=1S/C26H27NO/c1-3-5-8-17-27-18-23(21-14-6-7-16-24(21)27)26(28)22-15-10-13-20-12-9-11-19(4-2)25(20)22/h6-7,9-16,18H,3-5,8,17H2,1-2H3. The van der Waals surface area contributed by atoms with Crippen molar-refractivity contribution in [3.63, 3.8) is 0 Å². The van der Waals surface area contributed by atoms with Crippen molar-refractivity contribution < 1.29 is 4.79 Å². The van der Waals surface area contributed by atoms with Gasteiger partial charge >= 0.3 is 0 Å². The first-order chi connectivity index (χ1) is 13.7. The summed E-state index contributed by atoms with van der Waals surface area (Å²) in [5.41, 5.74) is 4.00. The summed E-state index contributed by atoms with van der Waals surface area (Å²) >= 11 is 0. The second-order valence-electron chi connectivity index (χ2n) is 7.46. The Kier molecular flexibility index (Phi) is 5.29. The quantitative estimate of drug-likeness (QED) is 0.260. The summed E-state index contributed by atoms with van der Waals surface area (Å²) < 4.78 is 2.25. The predicted octanol–water partition coefficient (Wildman–Crippen LogP) is 6.78. The lowest BCUT2D eigenvalue weighted by atomic mass is 9.93. The van der Waals surface area contributed by atoms with Crippen LogP contribution in [0.2, 0.25) is 0 Å². The molecule has 0 unspecified atom stereocenters. The monoisotopic (exact) mass is 369 g/mol. The van der Waals surface area contributed by atoms with Gasteiger partial charge in [-0.15, -0.1) is 0 Å². The molecule has 2 heteroatoms. The third kappa shape index (κ3) is 3.24. The predicted molar refractivity (Wildman–Crippen MR) is 118 cm³/mol. The van der Waals surface area contributed by atoms with E-state index in [2.05, 4.69) is 67.1 Å². The highest BCUT2D eigenvalue weighted by atomic mass is 16.1. The van der Waals surface area contributed by atoms with Crippen molar-refractivity contribution in [2.24, 2.45) is 0 Å². The molecule has 0 aliphatic carbocycles. The number of aryl methyl sites for hydroxylation is 2. The van der Waals surface area contributed by atoms with Crippen LogP contribution in [0.15, 0.2) is 66.9 Å². The summed E-state index contributed by atoms with van der Waals surface area (Å²) in [5.74, 6) is 0.122. The fourth-order valence-corrected chi connectivity index (χ4v) is 4.19. The molecule has 0 radical (unpaired) electrons. The Morgan fingerprint density at radius 3 is 2.43 bits per heavy atom. The molecule has 0 amide bonds. The van der Waals surface area contributed by atoms with Crippen LogP contribution < -0.4 is 0 Å². The van der Waals surface area contributed by atoms with E-state index in [4.69, 9.17) is 0 Å². The van der Waals surface area contributed by atoms with Gasteiger partial charge in [0.15, 0.2) is 5.78 Å². The van der Waals surface area contributed by atoms with Gasteiger partial charge in [0.1, 0.15) is 0 Å². The third-order valence-corrected chi connectivity index (χ3v) is 5.65. The van der Waals surface area contributed by atoms with E-state index in [1.165, 1.54) is 18.4 Å². The maximum absolute atomic E-state index is 13.7. The summed E-state index contributed by atoms with van der Waals surface area (Å²) in [6.45, 7) is 5.32. The number of hydrogen-bond donors (Lipinski definition) is 0. The molecule has 142 valence electrons. The van der Waals surface area contributed by atoms with E-state index in [1.807, 2.05) is 18.2 Å². The summed E-state index contributed by atoms with van der Waals surface area (Å²) in [4.78, 5) is 13.7. The fourth-order valence-electron chi connectivity index (χ4n) is 4.19. The minimum absolute atomic E-state index is 0.122. The van der Waals surface area contributed by atoms with E-state index >= 15 is 0 Å². The minimum Gasteiger partial charge on any atom is -0.347 e. The zero-order chi connectivity index (χ0) is 19.5. The first-order valence-electron chi connectivity index (χ1n) is 10.4. The molecule has 0 fully saturated rings. The van der Waals surface area contributed by atoms with Crippen molar-refractivity contribution in [3.8, 4) is 0 Å². The number of unbranched alkanes of at least 4 members (excludes halogenated alkanes) is 2. The van der Waals surface area contributed by atoms with Crippen LogP contribution in [0.1, 0.15) is 54.6 Å². The molecule has 4 rings (SSSR count). The van der Waals surface area contributed by atoms with Crippen molar-refractivity contribution in [2.45, 2.75) is 46.1 Å². The first-order valence-corrected chi connectivity index (χ1v) is 10.4. The SMILES string of the molecule is CCCCCn1cc(C(=O)c2cccc3cccc(CC)c23)c2ccccc21. The van der Waals surface area contributed by atoms with Crippen molar-refractivity contribution in [1.29, 1.82) is 0 Å². The number of nitrogens with zero attached hydrogens (tertiary/aromatic N) is 1. The Balaban J connectivity index is 1.85. The van der Waals surface area contributed by atoms with Crippen molar-refractivity contribution in [3.05, 3.63) is 83.6 Å². The summed E-state index contributed by atoms with van der Waals surface area (Å²) in [5, 5.41) is 3.28. The number of carbonyl (C=O) groups is 1. The summed E-state index contributed by atoms with van der Waals surface area (Å²) in [6.07, 6.45) is 6.52. The van der Waals surface area contributed by atoms with Crippen LogP contribution in [-0.2, 0) is 13.0 Å². The molecule has 1 aromatic heterocycles. The smallest absolute Gasteiger partial charge is 0.195 e. The molecular formula is C26H27NO. The van der Waals surface area contributed by atoms with E-state index in [0.717, 1.165) is 52.2 Å². The van der Waals surface area contributed by atoms with E-state index < -0.39 is 0 Å². The summed E-state index contributed by atoms with van der Waals surface area (Å²) in [6, 6.07) is 20.7. The molecule has 0 saturated heterocycles. The average Bonchev–Trinajstić information content (AvgIpc) is 3.11. The second-order valence-corrected chi connectivity index (χ2v) is 7.46. The van der Waals surface area contributed by atoms with Gasteiger partial charge in [0, 0.05) is 34.8 Å². The molecule has 0 N–H and O–H groups in total. The highest BCUT2D eigenvalue weighted by Gasteiger charge is 2.19. The molecule has 0 saturated carbocycles. The minimum atomic E-state index is 0.122. The van der Waals surface area contributed by atoms with Crippen LogP contribution in [-0.4, -0.2) is 10.4 Å². The Morgan fingerprint density at radius 2 is 1.64 bits per heavy atom. The molecular weight excluding hydrogens is 342 g/mol. The Labute approximate surface area is 166 Å². The lowest BCUT2D eigenvalue weighted by Gasteiger charge is -2.10. The van der Waals surface area contributed by atoms with Gasteiger partial charge in [0.25, 0.3) is 0 Å². The fraction of sp³-hybridized carbons (Fsp3) is 0.269. The number of benzene rings is 3. The molecule has 2 nitrogen and oxygen atoms in total. The van der Waals surface area contributed by atoms with E-state index in [0.29, 0.717) is 0 Å². The van der Waals surface area contributed by atoms with Gasteiger partial charge in [-0.3, -0.25) is 4.79 Å². The van der Waals surface area contributed by atoms with Crippen LogP contribution in [0, 0.1) is 0 Å². The zero-order valence-electron chi connectivity index (χ0n) is 16.7. The second kappa shape index (κ2) is 8.02. The van der Waals surface area contributed by atoms with Gasteiger partial charge in [0.05, 0.1) is 0 Å². The lowest BCUT2D eigenvalue weighted by Crippen LogP contribution is -2.03. The molecule has 4 aromatic rings. The number of hydrogen-bond acceptors (Lipinski definition) is 1. The molecule has 0 aliphatic heterocycles. The first kappa shape index (κ1) is 18.5. The number of carbonyl (C=O) groups excluding carboxylic acids is 1. The van der Waals surface area contributed by atoms with E-state index in [-0.39, 0.29) is 5.78 Å². The van der Waals surface area contributed by atoms with Gasteiger partial charge in [0.2, 0.25) is 0 Å². The molecule has 1 heterocycles. The van der Waals surface area contributed by atoms with E-state index in [1.54, 1.807) is 0 Å². The Bertz CT molecular complexity index is 1130.